The minimum absolute atomic E-state index is 0.570. The van der Waals surface area contributed by atoms with Crippen LogP contribution in [-0.2, 0) is 0 Å². The number of furan rings is 1. The maximum Gasteiger partial charge on any atom is 0.206 e. The van der Waals surface area contributed by atoms with E-state index in [1.165, 1.54) is 11.3 Å². The average Bonchev–Trinajstić information content (AvgIpc) is 3.16. The first-order valence-corrected chi connectivity index (χ1v) is 8.57. The van der Waals surface area contributed by atoms with E-state index in [0.717, 1.165) is 16.1 Å². The van der Waals surface area contributed by atoms with Gasteiger partial charge in [-0.1, -0.05) is 23.2 Å². The van der Waals surface area contributed by atoms with Crippen molar-refractivity contribution in [2.24, 2.45) is 10.1 Å². The second kappa shape index (κ2) is 7.17. The van der Waals surface area contributed by atoms with Gasteiger partial charge in [0.15, 0.2) is 0 Å². The zero-order valence-corrected chi connectivity index (χ0v) is 14.6. The largest absolute Gasteiger partial charge is 0.463 e. The SMILES string of the molecule is CCN=c1scc(-c2ccc(Cl)cc2Cl)n1N=Cc1ccco1. The van der Waals surface area contributed by atoms with Gasteiger partial charge in [0.1, 0.15) is 5.76 Å². The molecule has 2 aromatic heterocycles. The zero-order valence-electron chi connectivity index (χ0n) is 12.2. The van der Waals surface area contributed by atoms with Crippen LogP contribution < -0.4 is 4.80 Å². The van der Waals surface area contributed by atoms with Gasteiger partial charge in [-0.2, -0.15) is 5.10 Å². The number of benzene rings is 1. The first-order valence-electron chi connectivity index (χ1n) is 6.93. The monoisotopic (exact) mass is 365 g/mol. The molecule has 23 heavy (non-hydrogen) atoms. The Morgan fingerprint density at radius 3 is 2.87 bits per heavy atom. The molecule has 0 aliphatic rings. The third-order valence-electron chi connectivity index (χ3n) is 3.03. The maximum absolute atomic E-state index is 6.33. The predicted octanol–water partition coefficient (Wildman–Crippen LogP) is 4.92. The lowest BCUT2D eigenvalue weighted by molar-refractivity contribution is 0.559. The first-order chi connectivity index (χ1) is 11.2. The molecule has 0 atom stereocenters. The van der Waals surface area contributed by atoms with E-state index in [4.69, 9.17) is 27.6 Å². The van der Waals surface area contributed by atoms with Gasteiger partial charge >= 0.3 is 0 Å². The number of thiazole rings is 1. The molecule has 0 amide bonds. The fraction of sp³-hybridized carbons (Fsp3) is 0.125. The first kappa shape index (κ1) is 16.1. The number of nitrogens with zero attached hydrogens (tertiary/aromatic N) is 3. The van der Waals surface area contributed by atoms with Crippen molar-refractivity contribution in [3.05, 3.63) is 62.6 Å². The summed E-state index contributed by atoms with van der Waals surface area (Å²) in [6.07, 6.45) is 3.25. The van der Waals surface area contributed by atoms with Crippen LogP contribution in [0.5, 0.6) is 0 Å². The second-order valence-corrected chi connectivity index (χ2v) is 6.25. The van der Waals surface area contributed by atoms with E-state index in [0.29, 0.717) is 22.4 Å². The van der Waals surface area contributed by atoms with Crippen molar-refractivity contribution >= 4 is 40.8 Å². The van der Waals surface area contributed by atoms with Crippen LogP contribution in [0.15, 0.2) is 56.5 Å². The van der Waals surface area contributed by atoms with Crippen molar-refractivity contribution in [3.8, 4) is 11.3 Å². The van der Waals surface area contributed by atoms with Crippen LogP contribution in [-0.4, -0.2) is 17.4 Å². The zero-order chi connectivity index (χ0) is 16.2. The molecule has 0 aliphatic heterocycles. The molecule has 0 bridgehead atoms. The third-order valence-corrected chi connectivity index (χ3v) is 4.43. The van der Waals surface area contributed by atoms with Crippen molar-refractivity contribution in [2.45, 2.75) is 6.92 Å². The molecule has 0 radical (unpaired) electrons. The lowest BCUT2D eigenvalue weighted by Crippen LogP contribution is -2.12. The molecule has 1 aromatic carbocycles. The van der Waals surface area contributed by atoms with E-state index in [9.17, 15) is 0 Å². The number of rotatable bonds is 4. The molecule has 0 N–H and O–H groups in total. The highest BCUT2D eigenvalue weighted by Crippen LogP contribution is 2.30. The number of hydrogen-bond acceptors (Lipinski definition) is 4. The minimum atomic E-state index is 0.570. The van der Waals surface area contributed by atoms with Gasteiger partial charge in [0, 0.05) is 22.5 Å². The molecule has 0 spiro atoms. The summed E-state index contributed by atoms with van der Waals surface area (Å²) in [7, 11) is 0. The molecule has 7 heteroatoms. The molecular formula is C16H13Cl2N3OS. The van der Waals surface area contributed by atoms with Crippen LogP contribution >= 0.6 is 34.5 Å². The van der Waals surface area contributed by atoms with Crippen LogP contribution in [0.4, 0.5) is 0 Å². The molecule has 3 rings (SSSR count). The van der Waals surface area contributed by atoms with Crippen molar-refractivity contribution in [2.75, 3.05) is 6.54 Å². The Balaban J connectivity index is 2.12. The lowest BCUT2D eigenvalue weighted by atomic mass is 10.2. The van der Waals surface area contributed by atoms with E-state index in [1.807, 2.05) is 30.5 Å². The summed E-state index contributed by atoms with van der Waals surface area (Å²) in [5, 5.41) is 7.63. The van der Waals surface area contributed by atoms with E-state index in [-0.39, 0.29) is 0 Å². The smallest absolute Gasteiger partial charge is 0.206 e. The van der Waals surface area contributed by atoms with Gasteiger partial charge in [0.05, 0.1) is 23.2 Å². The van der Waals surface area contributed by atoms with Crippen LogP contribution in [0, 0.1) is 0 Å². The average molecular weight is 366 g/mol. The Kier molecular flexibility index (Phi) is 5.00. The molecule has 2 heterocycles. The predicted molar refractivity (Wildman–Crippen MR) is 95.6 cm³/mol. The van der Waals surface area contributed by atoms with Gasteiger partial charge in [-0.15, -0.1) is 11.3 Å². The van der Waals surface area contributed by atoms with E-state index < -0.39 is 0 Å². The highest BCUT2D eigenvalue weighted by molar-refractivity contribution is 7.07. The number of aromatic nitrogens is 1. The fourth-order valence-electron chi connectivity index (χ4n) is 2.02. The van der Waals surface area contributed by atoms with Gasteiger partial charge in [0.2, 0.25) is 4.80 Å². The van der Waals surface area contributed by atoms with Gasteiger partial charge in [-0.05, 0) is 37.3 Å². The molecular weight excluding hydrogens is 353 g/mol. The lowest BCUT2D eigenvalue weighted by Gasteiger charge is -2.06. The Bertz CT molecular complexity index is 894. The Labute approximate surface area is 147 Å². The second-order valence-electron chi connectivity index (χ2n) is 4.57. The molecule has 4 nitrogen and oxygen atoms in total. The summed E-state index contributed by atoms with van der Waals surface area (Å²) in [5.41, 5.74) is 1.70. The van der Waals surface area contributed by atoms with Gasteiger partial charge in [0.25, 0.3) is 0 Å². The van der Waals surface area contributed by atoms with Gasteiger partial charge in [-0.3, -0.25) is 4.99 Å². The molecule has 0 fully saturated rings. The summed E-state index contributed by atoms with van der Waals surface area (Å²) < 4.78 is 7.04. The molecule has 0 unspecified atom stereocenters. The van der Waals surface area contributed by atoms with Crippen LogP contribution in [0.25, 0.3) is 11.3 Å². The fourth-order valence-corrected chi connectivity index (χ4v) is 3.41. The third kappa shape index (κ3) is 3.58. The van der Waals surface area contributed by atoms with Crippen molar-refractivity contribution in [3.63, 3.8) is 0 Å². The normalized spacial score (nSPS) is 12.4. The quantitative estimate of drug-likeness (QED) is 0.605. The van der Waals surface area contributed by atoms with E-state index in [2.05, 4.69) is 10.1 Å². The minimum Gasteiger partial charge on any atom is -0.463 e. The highest BCUT2D eigenvalue weighted by atomic mass is 35.5. The number of hydrogen-bond donors (Lipinski definition) is 0. The van der Waals surface area contributed by atoms with E-state index in [1.54, 1.807) is 29.3 Å². The topological polar surface area (TPSA) is 42.8 Å². The number of halogens is 2. The molecule has 3 aromatic rings. The van der Waals surface area contributed by atoms with Crippen molar-refractivity contribution in [1.29, 1.82) is 0 Å². The standard InChI is InChI=1S/C16H13Cl2N3OS/c1-2-19-16-21(20-9-12-4-3-7-22-12)15(10-23-16)13-6-5-11(17)8-14(13)18/h3-10H,2H2,1H3. The summed E-state index contributed by atoms with van der Waals surface area (Å²) >= 11 is 13.8. The molecule has 0 aliphatic carbocycles. The van der Waals surface area contributed by atoms with Crippen molar-refractivity contribution in [1.82, 2.24) is 4.68 Å². The van der Waals surface area contributed by atoms with Gasteiger partial charge in [-0.25, -0.2) is 4.68 Å². The summed E-state index contributed by atoms with van der Waals surface area (Å²) in [4.78, 5) is 5.26. The Hall–Kier alpha value is -1.82. The molecule has 118 valence electrons. The highest BCUT2D eigenvalue weighted by Gasteiger charge is 2.11. The summed E-state index contributed by atoms with van der Waals surface area (Å²) in [6.45, 7) is 2.65. The summed E-state index contributed by atoms with van der Waals surface area (Å²) in [5.74, 6) is 0.666. The maximum atomic E-state index is 6.33. The van der Waals surface area contributed by atoms with Crippen LogP contribution in [0.1, 0.15) is 12.7 Å². The molecule has 0 saturated carbocycles. The van der Waals surface area contributed by atoms with E-state index >= 15 is 0 Å². The van der Waals surface area contributed by atoms with Crippen LogP contribution in [0.2, 0.25) is 10.0 Å². The van der Waals surface area contributed by atoms with Gasteiger partial charge < -0.3 is 4.42 Å². The Morgan fingerprint density at radius 1 is 1.30 bits per heavy atom. The Morgan fingerprint density at radius 2 is 2.17 bits per heavy atom. The summed E-state index contributed by atoms with van der Waals surface area (Å²) in [6, 6.07) is 9.04. The van der Waals surface area contributed by atoms with Crippen molar-refractivity contribution < 1.29 is 4.42 Å². The molecule has 0 saturated heterocycles. The van der Waals surface area contributed by atoms with Crippen LogP contribution in [0.3, 0.4) is 0 Å².